The Balaban J connectivity index is 2.20. The van der Waals surface area contributed by atoms with Gasteiger partial charge in [-0.05, 0) is 25.3 Å². The normalized spacial score (nSPS) is 12.7. The van der Waals surface area contributed by atoms with Gasteiger partial charge in [-0.3, -0.25) is 0 Å². The van der Waals surface area contributed by atoms with Crippen molar-refractivity contribution in [1.29, 1.82) is 0 Å². The summed E-state index contributed by atoms with van der Waals surface area (Å²) < 4.78 is 11.9. The van der Waals surface area contributed by atoms with E-state index in [1.807, 2.05) is 6.07 Å². The summed E-state index contributed by atoms with van der Waals surface area (Å²) in [7, 11) is 0. The van der Waals surface area contributed by atoms with Crippen LogP contribution in [0.4, 0.5) is 4.39 Å². The second kappa shape index (κ2) is 6.55. The molecule has 0 saturated carbocycles. The Morgan fingerprint density at radius 3 is 2.64 bits per heavy atom. The lowest BCUT2D eigenvalue weighted by Gasteiger charge is -2.11. The van der Waals surface area contributed by atoms with Crippen molar-refractivity contribution < 1.29 is 4.39 Å². The summed E-state index contributed by atoms with van der Waals surface area (Å²) in [6, 6.07) is 10.8. The third-order valence-electron chi connectivity index (χ3n) is 2.30. The molecule has 14 heavy (non-hydrogen) atoms. The first kappa shape index (κ1) is 11.2. The van der Waals surface area contributed by atoms with Gasteiger partial charge in [0.05, 0.1) is 0 Å². The lowest BCUT2D eigenvalue weighted by Crippen LogP contribution is -2.28. The summed E-state index contributed by atoms with van der Waals surface area (Å²) in [5.74, 6) is 0. The molecule has 1 atom stereocenters. The molecule has 1 N–H and O–H groups in total. The number of benzene rings is 1. The number of alkyl halides is 1. The van der Waals surface area contributed by atoms with Gasteiger partial charge in [0.25, 0.3) is 0 Å². The molecule has 0 saturated heterocycles. The molecule has 0 aromatic heterocycles. The van der Waals surface area contributed by atoms with Gasteiger partial charge in [-0.15, -0.1) is 0 Å². The van der Waals surface area contributed by atoms with E-state index in [2.05, 4.69) is 36.5 Å². The van der Waals surface area contributed by atoms with Crippen LogP contribution in [0.25, 0.3) is 0 Å². The molecule has 2 heteroatoms. The standard InChI is InChI=1S/C12H18FN/c1-11(14-10-9-13)7-8-12-5-3-2-4-6-12/h2-6,11,14H,7-10H2,1H3. The van der Waals surface area contributed by atoms with E-state index in [4.69, 9.17) is 0 Å². The zero-order chi connectivity index (χ0) is 10.2. The number of aryl methyl sites for hydroxylation is 1. The molecule has 1 nitrogen and oxygen atoms in total. The Labute approximate surface area is 85.3 Å². The van der Waals surface area contributed by atoms with Crippen molar-refractivity contribution in [2.45, 2.75) is 25.8 Å². The van der Waals surface area contributed by atoms with E-state index in [1.54, 1.807) is 0 Å². The van der Waals surface area contributed by atoms with Crippen LogP contribution in [0.1, 0.15) is 18.9 Å². The van der Waals surface area contributed by atoms with Crippen LogP contribution in [0.5, 0.6) is 0 Å². The fraction of sp³-hybridized carbons (Fsp3) is 0.500. The minimum Gasteiger partial charge on any atom is -0.312 e. The van der Waals surface area contributed by atoms with Crippen LogP contribution < -0.4 is 5.32 Å². The minimum absolute atomic E-state index is 0.282. The lowest BCUT2D eigenvalue weighted by atomic mass is 10.1. The number of halogens is 1. The molecule has 0 bridgehead atoms. The zero-order valence-electron chi connectivity index (χ0n) is 8.67. The number of hydrogen-bond donors (Lipinski definition) is 1. The predicted molar refractivity (Wildman–Crippen MR) is 58.2 cm³/mol. The van der Waals surface area contributed by atoms with Crippen LogP contribution in [0, 0.1) is 0 Å². The highest BCUT2D eigenvalue weighted by Crippen LogP contribution is 2.04. The SMILES string of the molecule is CC(CCc1ccccc1)NCCF. The first-order chi connectivity index (χ1) is 6.83. The fourth-order valence-electron chi connectivity index (χ4n) is 1.43. The van der Waals surface area contributed by atoms with Crippen LogP contribution in [-0.4, -0.2) is 19.3 Å². The summed E-state index contributed by atoms with van der Waals surface area (Å²) in [5.41, 5.74) is 1.35. The first-order valence-electron chi connectivity index (χ1n) is 5.16. The third-order valence-corrected chi connectivity index (χ3v) is 2.30. The van der Waals surface area contributed by atoms with Gasteiger partial charge < -0.3 is 5.32 Å². The Kier molecular flexibility index (Phi) is 5.23. The van der Waals surface area contributed by atoms with Gasteiger partial charge >= 0.3 is 0 Å². The van der Waals surface area contributed by atoms with Gasteiger partial charge in [0, 0.05) is 12.6 Å². The Bertz CT molecular complexity index is 235. The maximum atomic E-state index is 11.9. The lowest BCUT2D eigenvalue weighted by molar-refractivity contribution is 0.429. The monoisotopic (exact) mass is 195 g/mol. The molecule has 0 heterocycles. The van der Waals surface area contributed by atoms with Gasteiger partial charge in [-0.1, -0.05) is 30.3 Å². The molecule has 0 amide bonds. The minimum atomic E-state index is -0.282. The Hall–Kier alpha value is -0.890. The van der Waals surface area contributed by atoms with Crippen LogP contribution in [0.3, 0.4) is 0 Å². The van der Waals surface area contributed by atoms with Crippen LogP contribution in [0.15, 0.2) is 30.3 Å². The van der Waals surface area contributed by atoms with Crippen molar-refractivity contribution >= 4 is 0 Å². The van der Waals surface area contributed by atoms with Crippen molar-refractivity contribution in [3.05, 3.63) is 35.9 Å². The van der Waals surface area contributed by atoms with Crippen LogP contribution in [0.2, 0.25) is 0 Å². The molecule has 0 aliphatic heterocycles. The molecular formula is C12H18FN. The highest BCUT2D eigenvalue weighted by molar-refractivity contribution is 5.14. The number of nitrogens with one attached hydrogen (secondary N) is 1. The second-order valence-corrected chi connectivity index (χ2v) is 3.57. The quantitative estimate of drug-likeness (QED) is 0.735. The molecule has 1 aromatic carbocycles. The molecule has 0 fully saturated rings. The summed E-state index contributed by atoms with van der Waals surface area (Å²) in [6.07, 6.45) is 2.12. The molecule has 0 aliphatic rings. The van der Waals surface area contributed by atoms with Crippen molar-refractivity contribution in [2.24, 2.45) is 0 Å². The molecular weight excluding hydrogens is 177 g/mol. The predicted octanol–water partition coefficient (Wildman–Crippen LogP) is 2.57. The smallest absolute Gasteiger partial charge is 0.102 e. The fourth-order valence-corrected chi connectivity index (χ4v) is 1.43. The number of rotatable bonds is 6. The van der Waals surface area contributed by atoms with E-state index in [1.165, 1.54) is 5.56 Å². The third kappa shape index (κ3) is 4.38. The van der Waals surface area contributed by atoms with E-state index < -0.39 is 0 Å². The first-order valence-corrected chi connectivity index (χ1v) is 5.16. The van der Waals surface area contributed by atoms with Crippen molar-refractivity contribution in [2.75, 3.05) is 13.2 Å². The summed E-state index contributed by atoms with van der Waals surface area (Å²) in [4.78, 5) is 0. The van der Waals surface area contributed by atoms with Crippen LogP contribution in [-0.2, 0) is 6.42 Å². The van der Waals surface area contributed by atoms with E-state index in [0.717, 1.165) is 12.8 Å². The van der Waals surface area contributed by atoms with Crippen LogP contribution >= 0.6 is 0 Å². The van der Waals surface area contributed by atoms with Gasteiger partial charge in [-0.2, -0.15) is 0 Å². The highest BCUT2D eigenvalue weighted by Gasteiger charge is 2.00. The van der Waals surface area contributed by atoms with E-state index in [9.17, 15) is 4.39 Å². The van der Waals surface area contributed by atoms with Crippen molar-refractivity contribution in [3.63, 3.8) is 0 Å². The van der Waals surface area contributed by atoms with E-state index in [-0.39, 0.29) is 6.67 Å². The Morgan fingerprint density at radius 2 is 2.00 bits per heavy atom. The maximum absolute atomic E-state index is 11.9. The maximum Gasteiger partial charge on any atom is 0.102 e. The molecule has 78 valence electrons. The summed E-state index contributed by atoms with van der Waals surface area (Å²) in [5, 5.41) is 3.13. The molecule has 1 unspecified atom stereocenters. The summed E-state index contributed by atoms with van der Waals surface area (Å²) >= 11 is 0. The molecule has 1 aromatic rings. The second-order valence-electron chi connectivity index (χ2n) is 3.57. The van der Waals surface area contributed by atoms with Crippen molar-refractivity contribution in [3.8, 4) is 0 Å². The van der Waals surface area contributed by atoms with E-state index >= 15 is 0 Å². The largest absolute Gasteiger partial charge is 0.312 e. The highest BCUT2D eigenvalue weighted by atomic mass is 19.1. The van der Waals surface area contributed by atoms with Gasteiger partial charge in [0.15, 0.2) is 0 Å². The molecule has 0 radical (unpaired) electrons. The molecule has 0 spiro atoms. The van der Waals surface area contributed by atoms with Gasteiger partial charge in [0.2, 0.25) is 0 Å². The topological polar surface area (TPSA) is 12.0 Å². The average Bonchev–Trinajstić information content (AvgIpc) is 2.25. The molecule has 1 rings (SSSR count). The summed E-state index contributed by atoms with van der Waals surface area (Å²) in [6.45, 7) is 2.28. The van der Waals surface area contributed by atoms with Gasteiger partial charge in [0.1, 0.15) is 6.67 Å². The number of hydrogen-bond acceptors (Lipinski definition) is 1. The molecule has 0 aliphatic carbocycles. The zero-order valence-corrected chi connectivity index (χ0v) is 8.67. The van der Waals surface area contributed by atoms with Gasteiger partial charge in [-0.25, -0.2) is 4.39 Å². The average molecular weight is 195 g/mol. The Morgan fingerprint density at radius 1 is 1.29 bits per heavy atom. The van der Waals surface area contributed by atoms with E-state index in [0.29, 0.717) is 12.6 Å². The van der Waals surface area contributed by atoms with Crippen molar-refractivity contribution in [1.82, 2.24) is 5.32 Å².